The predicted molar refractivity (Wildman–Crippen MR) is 76.9 cm³/mol. The van der Waals surface area contributed by atoms with E-state index in [0.29, 0.717) is 6.04 Å². The van der Waals surface area contributed by atoms with E-state index in [1.165, 1.54) is 12.8 Å². The highest BCUT2D eigenvalue weighted by atomic mass is 35.5. The lowest BCUT2D eigenvalue weighted by Crippen LogP contribution is -2.48. The van der Waals surface area contributed by atoms with Crippen LogP contribution >= 0.6 is 24.8 Å². The van der Waals surface area contributed by atoms with Crippen LogP contribution in [0.2, 0.25) is 0 Å². The Morgan fingerprint density at radius 2 is 1.72 bits per heavy atom. The number of carbonyl (C=O) groups is 1. The van der Waals surface area contributed by atoms with Crippen LogP contribution in [0.4, 0.5) is 0 Å². The van der Waals surface area contributed by atoms with Crippen molar-refractivity contribution in [2.24, 2.45) is 5.92 Å². The molecule has 4 nitrogen and oxygen atoms in total. The fraction of sp³-hybridized carbons (Fsp3) is 0.917. The summed E-state index contributed by atoms with van der Waals surface area (Å²) >= 11 is 0. The average molecular weight is 299 g/mol. The maximum atomic E-state index is 11.0. The standard InChI is InChI=1S/C12H22N2O2.2ClH/c1-13-7-4-11(5-8-13)14-6-2-3-10(9-14)12(15)16;;/h10-11H,2-9H2,1H3,(H,15,16);2*1H. The zero-order chi connectivity index (χ0) is 11.5. The number of aliphatic carboxylic acids is 1. The van der Waals surface area contributed by atoms with Crippen LogP contribution in [-0.4, -0.2) is 60.1 Å². The van der Waals surface area contributed by atoms with Crippen molar-refractivity contribution in [3.63, 3.8) is 0 Å². The number of carboxylic acids is 1. The van der Waals surface area contributed by atoms with Crippen molar-refractivity contribution in [2.75, 3.05) is 33.2 Å². The normalized spacial score (nSPS) is 27.1. The first-order chi connectivity index (χ1) is 7.66. The van der Waals surface area contributed by atoms with Crippen LogP contribution in [0, 0.1) is 5.92 Å². The largest absolute Gasteiger partial charge is 0.481 e. The molecule has 0 radical (unpaired) electrons. The number of hydrogen-bond donors (Lipinski definition) is 1. The molecule has 1 atom stereocenters. The van der Waals surface area contributed by atoms with Gasteiger partial charge in [0.05, 0.1) is 5.92 Å². The summed E-state index contributed by atoms with van der Waals surface area (Å²) in [6.45, 7) is 4.17. The van der Waals surface area contributed by atoms with Gasteiger partial charge < -0.3 is 10.0 Å². The van der Waals surface area contributed by atoms with Crippen LogP contribution in [0.5, 0.6) is 0 Å². The molecular weight excluding hydrogens is 275 g/mol. The summed E-state index contributed by atoms with van der Waals surface area (Å²) in [6, 6.07) is 0.623. The number of rotatable bonds is 2. The van der Waals surface area contributed by atoms with Gasteiger partial charge in [-0.05, 0) is 52.4 Å². The highest BCUT2D eigenvalue weighted by Crippen LogP contribution is 2.23. The van der Waals surface area contributed by atoms with Crippen LogP contribution in [0.1, 0.15) is 25.7 Å². The molecule has 0 aromatic carbocycles. The SMILES string of the molecule is CN1CCC(N2CCCC(C(=O)O)C2)CC1.Cl.Cl. The first-order valence-electron chi connectivity index (χ1n) is 6.32. The summed E-state index contributed by atoms with van der Waals surface area (Å²) in [5.41, 5.74) is 0. The lowest BCUT2D eigenvalue weighted by atomic mass is 9.94. The van der Waals surface area contributed by atoms with E-state index >= 15 is 0 Å². The topological polar surface area (TPSA) is 43.8 Å². The minimum atomic E-state index is -0.613. The van der Waals surface area contributed by atoms with Gasteiger partial charge in [0, 0.05) is 12.6 Å². The van der Waals surface area contributed by atoms with E-state index in [2.05, 4.69) is 16.8 Å². The monoisotopic (exact) mass is 298 g/mol. The Morgan fingerprint density at radius 3 is 2.28 bits per heavy atom. The smallest absolute Gasteiger partial charge is 0.307 e. The predicted octanol–water partition coefficient (Wildman–Crippen LogP) is 1.72. The molecule has 108 valence electrons. The molecule has 2 aliphatic rings. The molecule has 0 spiro atoms. The van der Waals surface area contributed by atoms with Gasteiger partial charge in [-0.1, -0.05) is 0 Å². The molecule has 0 amide bonds. The quantitative estimate of drug-likeness (QED) is 0.843. The molecule has 2 heterocycles. The number of nitrogens with zero attached hydrogens (tertiary/aromatic N) is 2. The minimum Gasteiger partial charge on any atom is -0.481 e. The number of hydrogen-bond acceptors (Lipinski definition) is 3. The summed E-state index contributed by atoms with van der Waals surface area (Å²) in [7, 11) is 2.16. The summed E-state index contributed by atoms with van der Waals surface area (Å²) in [5, 5.41) is 9.06. The van der Waals surface area contributed by atoms with Crippen molar-refractivity contribution in [2.45, 2.75) is 31.7 Å². The van der Waals surface area contributed by atoms with E-state index in [-0.39, 0.29) is 30.7 Å². The van der Waals surface area contributed by atoms with Crippen molar-refractivity contribution >= 4 is 30.8 Å². The Kier molecular flexibility index (Phi) is 8.19. The Balaban J connectivity index is 0.00000144. The first kappa shape index (κ1) is 18.0. The lowest BCUT2D eigenvalue weighted by Gasteiger charge is -2.40. The molecule has 2 rings (SSSR count). The minimum absolute atomic E-state index is 0. The summed E-state index contributed by atoms with van der Waals surface area (Å²) in [4.78, 5) is 15.8. The van der Waals surface area contributed by atoms with Gasteiger partial charge in [-0.25, -0.2) is 0 Å². The zero-order valence-corrected chi connectivity index (χ0v) is 12.5. The molecule has 2 aliphatic heterocycles. The fourth-order valence-electron chi connectivity index (χ4n) is 2.90. The van der Waals surface area contributed by atoms with Gasteiger partial charge >= 0.3 is 5.97 Å². The number of halogens is 2. The van der Waals surface area contributed by atoms with Crippen LogP contribution in [0.25, 0.3) is 0 Å². The van der Waals surface area contributed by atoms with Crippen molar-refractivity contribution in [3.8, 4) is 0 Å². The van der Waals surface area contributed by atoms with Crippen molar-refractivity contribution in [1.29, 1.82) is 0 Å². The van der Waals surface area contributed by atoms with Gasteiger partial charge in [-0.15, -0.1) is 24.8 Å². The number of likely N-dealkylation sites (tertiary alicyclic amines) is 2. The second kappa shape index (κ2) is 8.20. The number of carboxylic acid groups (broad SMARTS) is 1. The van der Waals surface area contributed by atoms with Gasteiger partial charge in [0.15, 0.2) is 0 Å². The molecule has 0 aromatic heterocycles. The average Bonchev–Trinajstić information content (AvgIpc) is 2.30. The molecule has 0 bridgehead atoms. The summed E-state index contributed by atoms with van der Waals surface area (Å²) < 4.78 is 0. The maximum absolute atomic E-state index is 11.0. The Morgan fingerprint density at radius 1 is 1.11 bits per heavy atom. The third kappa shape index (κ3) is 4.57. The van der Waals surface area contributed by atoms with Crippen molar-refractivity contribution < 1.29 is 9.90 Å². The first-order valence-corrected chi connectivity index (χ1v) is 6.32. The highest BCUT2D eigenvalue weighted by Gasteiger charge is 2.30. The molecule has 1 N–H and O–H groups in total. The van der Waals surface area contributed by atoms with Gasteiger partial charge in [0.2, 0.25) is 0 Å². The van der Waals surface area contributed by atoms with Crippen molar-refractivity contribution in [1.82, 2.24) is 9.80 Å². The van der Waals surface area contributed by atoms with Gasteiger partial charge in [0.1, 0.15) is 0 Å². The second-order valence-corrected chi connectivity index (χ2v) is 5.21. The van der Waals surface area contributed by atoms with E-state index in [0.717, 1.165) is 39.0 Å². The van der Waals surface area contributed by atoms with E-state index in [1.54, 1.807) is 0 Å². The maximum Gasteiger partial charge on any atom is 0.307 e. The third-order valence-electron chi connectivity index (χ3n) is 4.01. The molecule has 6 heteroatoms. The Labute approximate surface area is 122 Å². The van der Waals surface area contributed by atoms with Crippen LogP contribution < -0.4 is 0 Å². The van der Waals surface area contributed by atoms with E-state index in [1.807, 2.05) is 0 Å². The van der Waals surface area contributed by atoms with Crippen LogP contribution in [-0.2, 0) is 4.79 Å². The van der Waals surface area contributed by atoms with Gasteiger partial charge in [0.25, 0.3) is 0 Å². The Hall–Kier alpha value is -0.0300. The Bertz CT molecular complexity index is 258. The van der Waals surface area contributed by atoms with Crippen molar-refractivity contribution in [3.05, 3.63) is 0 Å². The van der Waals surface area contributed by atoms with E-state index in [9.17, 15) is 4.79 Å². The second-order valence-electron chi connectivity index (χ2n) is 5.21. The van der Waals surface area contributed by atoms with Crippen LogP contribution in [0.3, 0.4) is 0 Å². The third-order valence-corrected chi connectivity index (χ3v) is 4.01. The van der Waals surface area contributed by atoms with Gasteiger partial charge in [-0.3, -0.25) is 9.69 Å². The molecular formula is C12H24Cl2N2O2. The van der Waals surface area contributed by atoms with Crippen LogP contribution in [0.15, 0.2) is 0 Å². The summed E-state index contributed by atoms with van der Waals surface area (Å²) in [5.74, 6) is -0.744. The summed E-state index contributed by atoms with van der Waals surface area (Å²) in [6.07, 6.45) is 4.30. The van der Waals surface area contributed by atoms with Gasteiger partial charge in [-0.2, -0.15) is 0 Å². The molecule has 1 unspecified atom stereocenters. The van der Waals surface area contributed by atoms with E-state index < -0.39 is 5.97 Å². The van der Waals surface area contributed by atoms with E-state index in [4.69, 9.17) is 5.11 Å². The fourth-order valence-corrected chi connectivity index (χ4v) is 2.90. The molecule has 0 aromatic rings. The highest BCUT2D eigenvalue weighted by molar-refractivity contribution is 5.85. The molecule has 0 aliphatic carbocycles. The molecule has 2 saturated heterocycles. The lowest BCUT2D eigenvalue weighted by molar-refractivity contribution is -0.144. The molecule has 0 saturated carbocycles. The number of piperidine rings is 2. The molecule has 2 fully saturated rings. The molecule has 18 heavy (non-hydrogen) atoms. The zero-order valence-electron chi connectivity index (χ0n) is 10.9.